The van der Waals surface area contributed by atoms with E-state index in [1.54, 1.807) is 0 Å². The van der Waals surface area contributed by atoms with E-state index in [0.717, 1.165) is 46.9 Å². The van der Waals surface area contributed by atoms with Crippen molar-refractivity contribution in [1.82, 2.24) is 4.98 Å². The molecule has 1 aromatic rings. The van der Waals surface area contributed by atoms with Crippen molar-refractivity contribution in [2.75, 3.05) is 0 Å². The fourth-order valence-electron chi connectivity index (χ4n) is 0.774. The molecule has 0 fully saturated rings. The number of hydrogen-bond donors (Lipinski definition) is 3. The van der Waals surface area contributed by atoms with Crippen molar-refractivity contribution in [2.45, 2.75) is 0 Å². The first-order chi connectivity index (χ1) is 8.00. The van der Waals surface area contributed by atoms with E-state index in [9.17, 15) is 14.4 Å². The van der Waals surface area contributed by atoms with Gasteiger partial charge in [-0.05, 0) is 0 Å². The van der Waals surface area contributed by atoms with Gasteiger partial charge in [-0.3, -0.25) is 4.79 Å². The molecule has 0 aliphatic carbocycles. The fraction of sp³-hybridized carbons (Fsp3) is 0. The van der Waals surface area contributed by atoms with Crippen molar-refractivity contribution < 1.29 is 61.9 Å². The zero-order valence-electron chi connectivity index (χ0n) is 7.98. The Kier molecular flexibility index (Phi) is 10.5. The Morgan fingerprint density at radius 1 is 0.941 bits per heavy atom. The van der Waals surface area contributed by atoms with Gasteiger partial charge in [0.2, 0.25) is 0 Å². The van der Waals surface area contributed by atoms with E-state index in [0.29, 0.717) is 0 Å². The minimum absolute atomic E-state index is 0.440. The summed E-state index contributed by atoms with van der Waals surface area (Å²) >= 11 is 2.12. The molecule has 10 heteroatoms. The summed E-state index contributed by atoms with van der Waals surface area (Å²) in [5, 5.41) is 16.9. The first-order valence-corrected chi connectivity index (χ1v) is 4.72. The number of nitrogens with one attached hydrogen (secondary N) is 1. The monoisotopic (exact) mass is 317 g/mol. The quantitative estimate of drug-likeness (QED) is 0.669. The molecule has 1 heterocycles. The SMILES string of the molecule is O=C(O)c1cc(=O)cc(C(=O)O)[nH]1.[O]=[V].[O]=[V]. The van der Waals surface area contributed by atoms with Gasteiger partial charge in [0.15, 0.2) is 5.43 Å². The van der Waals surface area contributed by atoms with Gasteiger partial charge in [-0.1, -0.05) is 0 Å². The Morgan fingerprint density at radius 3 is 1.47 bits per heavy atom. The first kappa shape index (κ1) is 18.0. The molecule has 90 valence electrons. The average Bonchev–Trinajstić information content (AvgIpc) is 2.33. The Morgan fingerprint density at radius 2 is 1.24 bits per heavy atom. The average molecular weight is 317 g/mol. The summed E-state index contributed by atoms with van der Waals surface area (Å²) in [7, 11) is 0. The topological polar surface area (TPSA) is 142 Å². The molecule has 0 amide bonds. The Labute approximate surface area is 112 Å². The van der Waals surface area contributed by atoms with Crippen molar-refractivity contribution in [3.8, 4) is 0 Å². The van der Waals surface area contributed by atoms with Crippen LogP contribution < -0.4 is 5.43 Å². The van der Waals surface area contributed by atoms with Crippen molar-refractivity contribution in [2.24, 2.45) is 0 Å². The maximum absolute atomic E-state index is 10.8. The zero-order valence-corrected chi connectivity index (χ0v) is 10.8. The molecule has 0 saturated carbocycles. The third-order valence-electron chi connectivity index (χ3n) is 1.30. The van der Waals surface area contributed by atoms with E-state index in [4.69, 9.17) is 17.6 Å². The molecular weight excluding hydrogens is 312 g/mol. The van der Waals surface area contributed by atoms with Gasteiger partial charge in [-0.2, -0.15) is 0 Å². The molecule has 0 unspecified atom stereocenters. The Balaban J connectivity index is 0. The van der Waals surface area contributed by atoms with Crippen LogP contribution in [0.1, 0.15) is 21.0 Å². The van der Waals surface area contributed by atoms with Crippen LogP contribution >= 0.6 is 0 Å². The number of aromatic carboxylic acids is 2. The third kappa shape index (κ3) is 6.75. The summed E-state index contributed by atoms with van der Waals surface area (Å²) in [6, 6.07) is 1.63. The van der Waals surface area contributed by atoms with Crippen molar-refractivity contribution >= 4 is 11.9 Å². The van der Waals surface area contributed by atoms with Crippen molar-refractivity contribution in [3.05, 3.63) is 33.7 Å². The number of carboxylic acid groups (broad SMARTS) is 2. The predicted octanol–water partition coefficient (Wildman–Crippen LogP) is -0.471. The second-order valence-corrected chi connectivity index (χ2v) is 2.25. The maximum atomic E-state index is 10.8. The number of rotatable bonds is 2. The predicted molar refractivity (Wildman–Crippen MR) is 42.4 cm³/mol. The van der Waals surface area contributed by atoms with Gasteiger partial charge in [0.1, 0.15) is 11.4 Å². The van der Waals surface area contributed by atoms with Gasteiger partial charge >= 0.3 is 54.0 Å². The van der Waals surface area contributed by atoms with E-state index in [-0.39, 0.29) is 0 Å². The van der Waals surface area contributed by atoms with E-state index in [1.807, 2.05) is 0 Å². The number of carbonyl (C=O) groups is 2. The number of pyridine rings is 1. The Bertz CT molecular complexity index is 421. The van der Waals surface area contributed by atoms with E-state index >= 15 is 0 Å². The molecule has 1 rings (SSSR count). The minimum atomic E-state index is -1.37. The summed E-state index contributed by atoms with van der Waals surface area (Å²) < 4.78 is 16.4. The van der Waals surface area contributed by atoms with Gasteiger partial charge < -0.3 is 15.2 Å². The molecule has 0 radical (unpaired) electrons. The molecule has 0 bridgehead atoms. The van der Waals surface area contributed by atoms with Crippen LogP contribution in [-0.2, 0) is 42.1 Å². The summed E-state index contributed by atoms with van der Waals surface area (Å²) in [6.07, 6.45) is 0. The molecule has 0 aliphatic heterocycles. The van der Waals surface area contributed by atoms with Crippen LogP contribution in [0.25, 0.3) is 0 Å². The van der Waals surface area contributed by atoms with E-state index in [2.05, 4.69) is 4.98 Å². The van der Waals surface area contributed by atoms with Crippen LogP contribution in [0.15, 0.2) is 16.9 Å². The van der Waals surface area contributed by atoms with Crippen LogP contribution in [0.4, 0.5) is 0 Å². The molecule has 0 aromatic carbocycles. The molecule has 17 heavy (non-hydrogen) atoms. The number of aromatic nitrogens is 1. The van der Waals surface area contributed by atoms with Crippen molar-refractivity contribution in [3.63, 3.8) is 0 Å². The van der Waals surface area contributed by atoms with Crippen LogP contribution in [0.5, 0.6) is 0 Å². The Hall–Kier alpha value is -1.34. The summed E-state index contributed by atoms with van der Waals surface area (Å²) in [5.41, 5.74) is -1.54. The van der Waals surface area contributed by atoms with Gasteiger partial charge in [-0.15, -0.1) is 0 Å². The van der Waals surface area contributed by atoms with Crippen molar-refractivity contribution in [1.29, 1.82) is 0 Å². The number of hydrogen-bond acceptors (Lipinski definition) is 5. The summed E-state index contributed by atoms with van der Waals surface area (Å²) in [4.78, 5) is 33.6. The molecule has 0 aliphatic rings. The number of aromatic amines is 1. The van der Waals surface area contributed by atoms with Crippen LogP contribution in [-0.4, -0.2) is 27.1 Å². The molecule has 0 spiro atoms. The van der Waals surface area contributed by atoms with Crippen LogP contribution in [0, 0.1) is 0 Å². The first-order valence-electron chi connectivity index (χ1n) is 3.58. The van der Waals surface area contributed by atoms with Gasteiger partial charge in [0.05, 0.1) is 0 Å². The van der Waals surface area contributed by atoms with Gasteiger partial charge in [0, 0.05) is 12.1 Å². The molecule has 0 saturated heterocycles. The normalized spacial score (nSPS) is 7.65. The number of H-pyrrole nitrogens is 1. The summed E-state index contributed by atoms with van der Waals surface area (Å²) in [6.45, 7) is 0. The molecule has 1 aromatic heterocycles. The standard InChI is InChI=1S/C7H5NO5.2O.2V/c9-3-1-4(6(10)11)8-5(2-3)7(12)13;;;;/h1-2H,(H,8,9)(H,10,11)(H,12,13);;;;. The van der Waals surface area contributed by atoms with E-state index in [1.165, 1.54) is 0 Å². The molecule has 8 nitrogen and oxygen atoms in total. The molecular formula is C7H5NO7V2. The number of carboxylic acids is 2. The third-order valence-corrected chi connectivity index (χ3v) is 1.30. The van der Waals surface area contributed by atoms with Gasteiger partial charge in [-0.25, -0.2) is 9.59 Å². The molecule has 3 N–H and O–H groups in total. The second-order valence-electron chi connectivity index (χ2n) is 2.25. The second kappa shape index (κ2) is 9.85. The van der Waals surface area contributed by atoms with Gasteiger partial charge in [0.25, 0.3) is 0 Å². The fourth-order valence-corrected chi connectivity index (χ4v) is 0.774. The summed E-state index contributed by atoms with van der Waals surface area (Å²) in [5.74, 6) is -2.75. The van der Waals surface area contributed by atoms with Crippen LogP contribution in [0.3, 0.4) is 0 Å². The van der Waals surface area contributed by atoms with Crippen LogP contribution in [0.2, 0.25) is 0 Å². The zero-order chi connectivity index (χ0) is 14.0. The van der Waals surface area contributed by atoms with E-state index < -0.39 is 28.8 Å². The molecule has 0 atom stereocenters.